The molecule has 0 aliphatic heterocycles. The summed E-state index contributed by atoms with van der Waals surface area (Å²) in [6.07, 6.45) is 1.85. The zero-order valence-electron chi connectivity index (χ0n) is 6.66. The van der Waals surface area contributed by atoms with E-state index in [1.807, 2.05) is 0 Å². The zero-order chi connectivity index (χ0) is 10.7. The van der Waals surface area contributed by atoms with E-state index in [0.29, 0.717) is 9.35 Å². The van der Waals surface area contributed by atoms with E-state index in [9.17, 15) is 9.59 Å². The Labute approximate surface area is 101 Å². The van der Waals surface area contributed by atoms with Gasteiger partial charge < -0.3 is 5.11 Å². The Morgan fingerprint density at radius 1 is 1.36 bits per heavy atom. The molecule has 0 saturated heterocycles. The van der Waals surface area contributed by atoms with Crippen LogP contribution in [0.15, 0.2) is 26.5 Å². The van der Waals surface area contributed by atoms with Gasteiger partial charge in [0.05, 0.1) is 9.35 Å². The van der Waals surface area contributed by atoms with Crippen LogP contribution in [-0.2, 0) is 4.79 Å². The van der Waals surface area contributed by atoms with Crippen LogP contribution in [0.3, 0.4) is 0 Å². The molecule has 0 saturated carbocycles. The molecule has 1 N–H and O–H groups in total. The SMILES string of the molecule is O=C(O)C=CC(=O)c1scc(Br)c1Br. The van der Waals surface area contributed by atoms with Gasteiger partial charge in [-0.3, -0.25) is 4.79 Å². The highest BCUT2D eigenvalue weighted by atomic mass is 79.9. The second kappa shape index (κ2) is 4.86. The van der Waals surface area contributed by atoms with Crippen LogP contribution >= 0.6 is 43.2 Å². The maximum atomic E-state index is 11.4. The number of carbonyl (C=O) groups excluding carboxylic acids is 1. The topological polar surface area (TPSA) is 54.4 Å². The van der Waals surface area contributed by atoms with Gasteiger partial charge in [0.15, 0.2) is 5.78 Å². The summed E-state index contributed by atoms with van der Waals surface area (Å²) in [5.74, 6) is -1.46. The van der Waals surface area contributed by atoms with Crippen LogP contribution in [0.25, 0.3) is 0 Å². The highest BCUT2D eigenvalue weighted by Crippen LogP contribution is 2.32. The second-order valence-corrected chi connectivity index (χ2v) is 4.79. The molecule has 1 aromatic rings. The molecule has 0 bridgehead atoms. The van der Waals surface area contributed by atoms with Crippen molar-refractivity contribution in [1.82, 2.24) is 0 Å². The van der Waals surface area contributed by atoms with Crippen molar-refractivity contribution < 1.29 is 14.7 Å². The number of aliphatic carboxylic acids is 1. The summed E-state index contributed by atoms with van der Waals surface area (Å²) in [6, 6.07) is 0. The molecule has 0 atom stereocenters. The molecule has 1 rings (SSSR count). The molecular weight excluding hydrogens is 336 g/mol. The van der Waals surface area contributed by atoms with Gasteiger partial charge in [-0.15, -0.1) is 11.3 Å². The van der Waals surface area contributed by atoms with Crippen molar-refractivity contribution >= 4 is 54.9 Å². The molecule has 0 fully saturated rings. The normalized spacial score (nSPS) is 10.7. The lowest BCUT2D eigenvalue weighted by Crippen LogP contribution is -1.94. The maximum Gasteiger partial charge on any atom is 0.328 e. The third kappa shape index (κ3) is 2.76. The quantitative estimate of drug-likeness (QED) is 0.680. The van der Waals surface area contributed by atoms with Gasteiger partial charge in [0.2, 0.25) is 0 Å². The highest BCUT2D eigenvalue weighted by Gasteiger charge is 2.12. The van der Waals surface area contributed by atoms with Crippen molar-refractivity contribution in [2.45, 2.75) is 0 Å². The van der Waals surface area contributed by atoms with Crippen LogP contribution in [0.1, 0.15) is 9.67 Å². The predicted octanol–water partition coefficient (Wildman–Crippen LogP) is 3.10. The van der Waals surface area contributed by atoms with E-state index in [-0.39, 0.29) is 5.78 Å². The number of carboxylic acids is 1. The van der Waals surface area contributed by atoms with E-state index in [1.165, 1.54) is 11.3 Å². The van der Waals surface area contributed by atoms with Crippen molar-refractivity contribution in [3.8, 4) is 0 Å². The van der Waals surface area contributed by atoms with Crippen LogP contribution in [0.5, 0.6) is 0 Å². The number of rotatable bonds is 3. The fraction of sp³-hybridized carbons (Fsp3) is 0. The van der Waals surface area contributed by atoms with Gasteiger partial charge in [0, 0.05) is 15.9 Å². The number of thiophene rings is 1. The lowest BCUT2D eigenvalue weighted by Gasteiger charge is -1.90. The molecule has 1 heterocycles. The summed E-state index contributed by atoms with van der Waals surface area (Å²) in [7, 11) is 0. The largest absolute Gasteiger partial charge is 0.478 e. The predicted molar refractivity (Wildman–Crippen MR) is 60.8 cm³/mol. The van der Waals surface area contributed by atoms with Crippen LogP contribution in [0.2, 0.25) is 0 Å². The van der Waals surface area contributed by atoms with E-state index in [0.717, 1.165) is 16.6 Å². The molecule has 0 aromatic carbocycles. The van der Waals surface area contributed by atoms with Crippen molar-refractivity contribution in [2.75, 3.05) is 0 Å². The molecule has 0 radical (unpaired) electrons. The minimum Gasteiger partial charge on any atom is -0.478 e. The number of halogens is 2. The lowest BCUT2D eigenvalue weighted by atomic mass is 10.3. The van der Waals surface area contributed by atoms with E-state index < -0.39 is 5.97 Å². The van der Waals surface area contributed by atoms with Gasteiger partial charge in [-0.2, -0.15) is 0 Å². The number of hydrogen-bond acceptors (Lipinski definition) is 3. The summed E-state index contributed by atoms with van der Waals surface area (Å²) in [4.78, 5) is 22.0. The summed E-state index contributed by atoms with van der Waals surface area (Å²) >= 11 is 7.70. The number of hydrogen-bond donors (Lipinski definition) is 1. The molecule has 0 aliphatic rings. The van der Waals surface area contributed by atoms with Gasteiger partial charge in [-0.1, -0.05) is 0 Å². The third-order valence-corrected chi connectivity index (χ3v) is 4.83. The monoisotopic (exact) mass is 338 g/mol. The Morgan fingerprint density at radius 3 is 2.43 bits per heavy atom. The first kappa shape index (κ1) is 11.6. The first-order chi connectivity index (χ1) is 6.52. The molecule has 0 amide bonds. The first-order valence-corrected chi connectivity index (χ1v) is 5.86. The summed E-state index contributed by atoms with van der Waals surface area (Å²) in [5.41, 5.74) is 0. The Kier molecular flexibility index (Phi) is 4.03. The smallest absolute Gasteiger partial charge is 0.328 e. The van der Waals surface area contributed by atoms with Crippen molar-refractivity contribution in [3.63, 3.8) is 0 Å². The molecule has 1 aromatic heterocycles. The standard InChI is InChI=1S/C8H4Br2O3S/c9-4-3-14-8(7(4)10)5(11)1-2-6(12)13/h1-3H,(H,12,13). The molecule has 0 aliphatic carbocycles. The average Bonchev–Trinajstić information content (AvgIpc) is 2.44. The van der Waals surface area contributed by atoms with Gasteiger partial charge in [-0.25, -0.2) is 4.79 Å². The van der Waals surface area contributed by atoms with E-state index in [2.05, 4.69) is 31.9 Å². The minimum absolute atomic E-state index is 0.324. The lowest BCUT2D eigenvalue weighted by molar-refractivity contribution is -0.131. The molecule has 74 valence electrons. The number of allylic oxidation sites excluding steroid dienone is 1. The van der Waals surface area contributed by atoms with Crippen molar-refractivity contribution in [3.05, 3.63) is 31.4 Å². The van der Waals surface area contributed by atoms with Crippen LogP contribution in [-0.4, -0.2) is 16.9 Å². The van der Waals surface area contributed by atoms with Crippen LogP contribution in [0, 0.1) is 0 Å². The molecule has 14 heavy (non-hydrogen) atoms. The summed E-state index contributed by atoms with van der Waals surface area (Å²) < 4.78 is 1.44. The highest BCUT2D eigenvalue weighted by molar-refractivity contribution is 9.13. The van der Waals surface area contributed by atoms with Crippen molar-refractivity contribution in [2.24, 2.45) is 0 Å². The van der Waals surface area contributed by atoms with Gasteiger partial charge >= 0.3 is 5.97 Å². The fourth-order valence-electron chi connectivity index (χ4n) is 0.711. The van der Waals surface area contributed by atoms with E-state index in [1.54, 1.807) is 5.38 Å². The van der Waals surface area contributed by atoms with Crippen molar-refractivity contribution in [1.29, 1.82) is 0 Å². The van der Waals surface area contributed by atoms with Gasteiger partial charge in [0.1, 0.15) is 0 Å². The summed E-state index contributed by atoms with van der Waals surface area (Å²) in [5, 5.41) is 10.1. The number of carbonyl (C=O) groups is 2. The zero-order valence-corrected chi connectivity index (χ0v) is 10.6. The Bertz CT molecular complexity index is 409. The summed E-state index contributed by atoms with van der Waals surface area (Å²) in [6.45, 7) is 0. The molecule has 6 heteroatoms. The molecule has 0 unspecified atom stereocenters. The van der Waals surface area contributed by atoms with Crippen LogP contribution in [0.4, 0.5) is 0 Å². The minimum atomic E-state index is -1.13. The van der Waals surface area contributed by atoms with E-state index >= 15 is 0 Å². The Morgan fingerprint density at radius 2 is 2.00 bits per heavy atom. The van der Waals surface area contributed by atoms with Crippen LogP contribution < -0.4 is 0 Å². The van der Waals surface area contributed by atoms with Gasteiger partial charge in [0.25, 0.3) is 0 Å². The Balaban J connectivity index is 2.90. The van der Waals surface area contributed by atoms with E-state index in [4.69, 9.17) is 5.11 Å². The first-order valence-electron chi connectivity index (χ1n) is 3.40. The number of ketones is 1. The molecular formula is C8H4Br2O3S. The Hall–Kier alpha value is -0.460. The molecule has 3 nitrogen and oxygen atoms in total. The molecule has 0 spiro atoms. The maximum absolute atomic E-state index is 11.4. The average molecular weight is 340 g/mol. The third-order valence-electron chi connectivity index (χ3n) is 1.29. The fourth-order valence-corrected chi connectivity index (χ4v) is 2.80. The number of carboxylic acid groups (broad SMARTS) is 1. The second-order valence-electron chi connectivity index (χ2n) is 2.26. The van der Waals surface area contributed by atoms with Gasteiger partial charge in [-0.05, 0) is 37.9 Å².